The maximum atomic E-state index is 12.5. The zero-order valence-corrected chi connectivity index (χ0v) is 17.7. The summed E-state index contributed by atoms with van der Waals surface area (Å²) in [6.07, 6.45) is 3.78. The lowest BCUT2D eigenvalue weighted by atomic mass is 9.97. The highest BCUT2D eigenvalue weighted by Gasteiger charge is 2.14. The van der Waals surface area contributed by atoms with Crippen LogP contribution in [0.15, 0.2) is 78.4 Å². The second-order valence-electron chi connectivity index (χ2n) is 7.17. The quantitative estimate of drug-likeness (QED) is 0.259. The molecule has 0 aromatic heterocycles. The van der Waals surface area contributed by atoms with Gasteiger partial charge in [0.2, 0.25) is 0 Å². The van der Waals surface area contributed by atoms with Gasteiger partial charge < -0.3 is 4.74 Å². The van der Waals surface area contributed by atoms with Crippen LogP contribution in [-0.2, 0) is 17.6 Å². The fourth-order valence-electron chi connectivity index (χ4n) is 3.18. The number of allylic oxidation sites excluding steroid dienone is 1. The summed E-state index contributed by atoms with van der Waals surface area (Å²) in [5.74, 6) is 0.259. The lowest BCUT2D eigenvalue weighted by molar-refractivity contribution is -0.130. The van der Waals surface area contributed by atoms with E-state index in [1.54, 1.807) is 13.0 Å². The molecule has 3 aromatic carbocycles. The smallest absolute Gasteiger partial charge is 0.338 e. The van der Waals surface area contributed by atoms with Gasteiger partial charge in [0.25, 0.3) is 0 Å². The number of carbonyl (C=O) groups is 1. The van der Waals surface area contributed by atoms with Gasteiger partial charge in [-0.3, -0.25) is 0 Å². The van der Waals surface area contributed by atoms with Crippen molar-refractivity contribution < 1.29 is 9.53 Å². The minimum atomic E-state index is -0.322. The fourth-order valence-corrected chi connectivity index (χ4v) is 3.18. The number of rotatable bonds is 6. The van der Waals surface area contributed by atoms with Crippen LogP contribution in [-0.4, -0.2) is 5.97 Å². The van der Waals surface area contributed by atoms with Crippen LogP contribution in [0, 0.1) is 0 Å². The predicted octanol–water partition coefficient (Wildman–Crippen LogP) is 7.02. The van der Waals surface area contributed by atoms with E-state index < -0.39 is 0 Å². The summed E-state index contributed by atoms with van der Waals surface area (Å²) in [7, 11) is 0. The fraction of sp³-hybridized carbons (Fsp3) is 0.222. The summed E-state index contributed by atoms with van der Waals surface area (Å²) in [4.78, 5) is 12.5. The normalized spacial score (nSPS) is 11.4. The van der Waals surface area contributed by atoms with Crippen LogP contribution in [0.2, 0.25) is 0 Å². The van der Waals surface area contributed by atoms with Crippen molar-refractivity contribution in [2.45, 2.75) is 40.5 Å². The summed E-state index contributed by atoms with van der Waals surface area (Å²) in [6.45, 7) is 7.90. The summed E-state index contributed by atoms with van der Waals surface area (Å²) < 4.78 is 5.81. The Bertz CT molecular complexity index is 1010. The molecule has 0 saturated carbocycles. The highest BCUT2D eigenvalue weighted by molar-refractivity contribution is 5.91. The molecule has 0 heterocycles. The number of hydrogen-bond donors (Lipinski definition) is 0. The van der Waals surface area contributed by atoms with Crippen molar-refractivity contribution in [3.8, 4) is 28.0 Å². The molecule has 0 unspecified atom stereocenters. The molecule has 0 atom stereocenters. The van der Waals surface area contributed by atoms with Gasteiger partial charge in [-0.2, -0.15) is 0 Å². The first-order valence-corrected chi connectivity index (χ1v) is 10.2. The molecule has 3 rings (SSSR count). The van der Waals surface area contributed by atoms with Crippen LogP contribution in [0.4, 0.5) is 0 Å². The third kappa shape index (κ3) is 4.83. The van der Waals surface area contributed by atoms with E-state index in [9.17, 15) is 4.79 Å². The van der Waals surface area contributed by atoms with E-state index in [1.807, 2.05) is 19.1 Å². The summed E-state index contributed by atoms with van der Waals surface area (Å²) in [6, 6.07) is 23.0. The molecule has 0 aliphatic rings. The third-order valence-electron chi connectivity index (χ3n) is 5.31. The molecule has 29 heavy (non-hydrogen) atoms. The van der Waals surface area contributed by atoms with Crippen molar-refractivity contribution in [3.63, 3.8) is 0 Å². The zero-order valence-electron chi connectivity index (χ0n) is 17.7. The molecule has 2 heteroatoms. The molecular weight excluding hydrogens is 356 g/mol. The Hall–Kier alpha value is -3.13. The molecule has 148 valence electrons. The standard InChI is InChI=1S/C27H28O2/c1-5-19(4)27(28)29-26-18-24(22-12-8-20(6-2)9-13-22)16-17-25(26)23-14-10-21(7-3)11-15-23/h5,8-18H,6-7H2,1-4H3/b19-5+. The van der Waals surface area contributed by atoms with E-state index in [2.05, 4.69) is 68.4 Å². The van der Waals surface area contributed by atoms with Crippen molar-refractivity contribution in [2.24, 2.45) is 0 Å². The van der Waals surface area contributed by atoms with Crippen LogP contribution >= 0.6 is 0 Å². The van der Waals surface area contributed by atoms with Gasteiger partial charge in [0.05, 0.1) is 0 Å². The number of benzene rings is 3. The molecule has 3 aromatic rings. The van der Waals surface area contributed by atoms with E-state index in [-0.39, 0.29) is 5.97 Å². The van der Waals surface area contributed by atoms with Crippen molar-refractivity contribution in [2.75, 3.05) is 0 Å². The van der Waals surface area contributed by atoms with E-state index in [4.69, 9.17) is 4.74 Å². The molecule has 0 aliphatic heterocycles. The first kappa shape index (κ1) is 20.6. The number of hydrogen-bond acceptors (Lipinski definition) is 2. The van der Waals surface area contributed by atoms with Crippen molar-refractivity contribution >= 4 is 5.97 Å². The highest BCUT2D eigenvalue weighted by Crippen LogP contribution is 2.35. The van der Waals surface area contributed by atoms with Gasteiger partial charge in [-0.1, -0.05) is 80.6 Å². The topological polar surface area (TPSA) is 26.3 Å². The Morgan fingerprint density at radius 3 is 1.83 bits per heavy atom. The molecule has 0 fully saturated rings. The van der Waals surface area contributed by atoms with E-state index in [1.165, 1.54) is 11.1 Å². The largest absolute Gasteiger partial charge is 0.422 e. The summed E-state index contributed by atoms with van der Waals surface area (Å²) in [5.41, 5.74) is 7.27. The number of esters is 1. The monoisotopic (exact) mass is 384 g/mol. The SMILES string of the molecule is C/C=C(\C)C(=O)Oc1cc(-c2ccc(CC)cc2)ccc1-c1ccc(CC)cc1. The van der Waals surface area contributed by atoms with E-state index >= 15 is 0 Å². The number of ether oxygens (including phenoxy) is 1. The molecule has 0 spiro atoms. The van der Waals surface area contributed by atoms with Crippen molar-refractivity contribution in [1.82, 2.24) is 0 Å². The van der Waals surface area contributed by atoms with Gasteiger partial charge in [0, 0.05) is 11.1 Å². The molecule has 0 saturated heterocycles. The second-order valence-corrected chi connectivity index (χ2v) is 7.17. The molecule has 0 bridgehead atoms. The predicted molar refractivity (Wildman–Crippen MR) is 121 cm³/mol. The highest BCUT2D eigenvalue weighted by atomic mass is 16.5. The van der Waals surface area contributed by atoms with Crippen LogP contribution in [0.1, 0.15) is 38.8 Å². The molecule has 0 amide bonds. The summed E-state index contributed by atoms with van der Waals surface area (Å²) in [5, 5.41) is 0. The second kappa shape index (κ2) is 9.38. The molecule has 0 N–H and O–H groups in total. The summed E-state index contributed by atoms with van der Waals surface area (Å²) >= 11 is 0. The van der Waals surface area contributed by atoms with Crippen LogP contribution in [0.3, 0.4) is 0 Å². The van der Waals surface area contributed by atoms with E-state index in [0.29, 0.717) is 11.3 Å². The first-order valence-electron chi connectivity index (χ1n) is 10.2. The number of aryl methyl sites for hydroxylation is 2. The number of carbonyl (C=O) groups excluding carboxylic acids is 1. The molecule has 2 nitrogen and oxygen atoms in total. The van der Waals surface area contributed by atoms with Crippen molar-refractivity contribution in [3.05, 3.63) is 89.5 Å². The Morgan fingerprint density at radius 2 is 1.31 bits per heavy atom. The Kier molecular flexibility index (Phi) is 6.66. The lowest BCUT2D eigenvalue weighted by Crippen LogP contribution is -2.09. The maximum Gasteiger partial charge on any atom is 0.338 e. The molecular formula is C27H28O2. The van der Waals surface area contributed by atoms with Crippen LogP contribution in [0.5, 0.6) is 5.75 Å². The first-order chi connectivity index (χ1) is 14.0. The molecule has 0 aliphatic carbocycles. The minimum absolute atomic E-state index is 0.322. The van der Waals surface area contributed by atoms with Gasteiger partial charge in [0.15, 0.2) is 0 Å². The average Bonchev–Trinajstić information content (AvgIpc) is 2.78. The zero-order chi connectivity index (χ0) is 20.8. The van der Waals surface area contributed by atoms with Crippen LogP contribution in [0.25, 0.3) is 22.3 Å². The Balaban J connectivity index is 2.05. The lowest BCUT2D eigenvalue weighted by Gasteiger charge is -2.14. The minimum Gasteiger partial charge on any atom is -0.422 e. The van der Waals surface area contributed by atoms with E-state index in [0.717, 1.165) is 35.1 Å². The van der Waals surface area contributed by atoms with Gasteiger partial charge >= 0.3 is 5.97 Å². The van der Waals surface area contributed by atoms with Gasteiger partial charge in [-0.25, -0.2) is 4.79 Å². The maximum absolute atomic E-state index is 12.5. The van der Waals surface area contributed by atoms with Gasteiger partial charge in [-0.05, 0) is 60.6 Å². The molecule has 0 radical (unpaired) electrons. The van der Waals surface area contributed by atoms with Gasteiger partial charge in [-0.15, -0.1) is 0 Å². The Labute approximate surface area is 173 Å². The van der Waals surface area contributed by atoms with Crippen molar-refractivity contribution in [1.29, 1.82) is 0 Å². The van der Waals surface area contributed by atoms with Crippen LogP contribution < -0.4 is 4.74 Å². The van der Waals surface area contributed by atoms with Gasteiger partial charge in [0.1, 0.15) is 5.75 Å². The average molecular weight is 385 g/mol. The third-order valence-corrected chi connectivity index (χ3v) is 5.31. The Morgan fingerprint density at radius 1 is 0.793 bits per heavy atom.